The van der Waals surface area contributed by atoms with Gasteiger partial charge in [0.2, 0.25) is 11.8 Å². The van der Waals surface area contributed by atoms with Gasteiger partial charge in [0.05, 0.1) is 6.61 Å². The van der Waals surface area contributed by atoms with Gasteiger partial charge in [0.15, 0.2) is 0 Å². The highest BCUT2D eigenvalue weighted by atomic mass is 16.5. The van der Waals surface area contributed by atoms with Gasteiger partial charge in [-0.3, -0.25) is 9.59 Å². The maximum Gasteiger partial charge on any atom is 0.243 e. The first-order chi connectivity index (χ1) is 8.59. The van der Waals surface area contributed by atoms with Crippen LogP contribution in [0.5, 0.6) is 0 Å². The third-order valence-corrected chi connectivity index (χ3v) is 2.41. The Balaban J connectivity index is 2.41. The van der Waals surface area contributed by atoms with E-state index in [0.29, 0.717) is 19.7 Å². The first kappa shape index (κ1) is 14.2. The maximum atomic E-state index is 11.5. The predicted molar refractivity (Wildman–Crippen MR) is 67.5 cm³/mol. The van der Waals surface area contributed by atoms with Crippen molar-refractivity contribution < 1.29 is 14.3 Å². The molecule has 0 saturated carbocycles. The van der Waals surface area contributed by atoms with Gasteiger partial charge in [-0.25, -0.2) is 0 Å². The van der Waals surface area contributed by atoms with Crippen molar-refractivity contribution in [1.82, 2.24) is 4.90 Å². The Morgan fingerprint density at radius 1 is 1.28 bits per heavy atom. The number of hydrogen-bond donors (Lipinski definition) is 1. The molecule has 0 saturated heterocycles. The first-order valence-electron chi connectivity index (χ1n) is 5.75. The van der Waals surface area contributed by atoms with Crippen LogP contribution in [-0.4, -0.2) is 36.5 Å². The third kappa shape index (κ3) is 5.45. The third-order valence-electron chi connectivity index (χ3n) is 2.41. The lowest BCUT2D eigenvalue weighted by Gasteiger charge is -2.20. The summed E-state index contributed by atoms with van der Waals surface area (Å²) >= 11 is 0. The molecule has 1 aromatic rings. The van der Waals surface area contributed by atoms with Gasteiger partial charge in [0, 0.05) is 20.0 Å². The van der Waals surface area contributed by atoms with E-state index in [2.05, 4.69) is 0 Å². The van der Waals surface area contributed by atoms with E-state index in [9.17, 15) is 9.59 Å². The van der Waals surface area contributed by atoms with Crippen LogP contribution in [0.4, 0.5) is 0 Å². The van der Waals surface area contributed by atoms with Crippen LogP contribution >= 0.6 is 0 Å². The minimum absolute atomic E-state index is 0.0264. The number of carbonyl (C=O) groups is 2. The van der Waals surface area contributed by atoms with Crippen molar-refractivity contribution in [3.8, 4) is 0 Å². The molecule has 0 bridgehead atoms. The highest BCUT2D eigenvalue weighted by Gasteiger charge is 2.09. The van der Waals surface area contributed by atoms with Crippen LogP contribution in [0, 0.1) is 0 Å². The smallest absolute Gasteiger partial charge is 0.243 e. The van der Waals surface area contributed by atoms with Crippen molar-refractivity contribution in [3.05, 3.63) is 35.9 Å². The normalized spacial score (nSPS) is 10.1. The van der Waals surface area contributed by atoms with Crippen LogP contribution in [0.3, 0.4) is 0 Å². The second-order valence-electron chi connectivity index (χ2n) is 3.95. The van der Waals surface area contributed by atoms with E-state index < -0.39 is 5.91 Å². The van der Waals surface area contributed by atoms with E-state index in [1.807, 2.05) is 30.3 Å². The summed E-state index contributed by atoms with van der Waals surface area (Å²) in [5, 5.41) is 0. The second kappa shape index (κ2) is 7.45. The lowest BCUT2D eigenvalue weighted by Crippen LogP contribution is -2.32. The minimum atomic E-state index is -0.507. The van der Waals surface area contributed by atoms with Crippen molar-refractivity contribution >= 4 is 11.8 Å². The van der Waals surface area contributed by atoms with E-state index in [4.69, 9.17) is 10.5 Å². The molecule has 2 amide bonds. The standard InChI is InChI=1S/C13H18N2O3/c1-11(16)15(7-8-18-10-13(14)17)9-12-5-3-2-4-6-12/h2-6H,7-10H2,1H3,(H2,14,17). The summed E-state index contributed by atoms with van der Waals surface area (Å²) in [5.74, 6) is -0.533. The molecular formula is C13H18N2O3. The summed E-state index contributed by atoms with van der Waals surface area (Å²) in [5.41, 5.74) is 6.01. The molecule has 0 fully saturated rings. The molecule has 0 aliphatic carbocycles. The summed E-state index contributed by atoms with van der Waals surface area (Å²) < 4.78 is 5.04. The van der Waals surface area contributed by atoms with Crippen molar-refractivity contribution in [2.24, 2.45) is 5.73 Å². The average Bonchev–Trinajstić information content (AvgIpc) is 2.33. The molecule has 18 heavy (non-hydrogen) atoms. The number of amides is 2. The lowest BCUT2D eigenvalue weighted by atomic mass is 10.2. The van der Waals surface area contributed by atoms with Crippen molar-refractivity contribution in [3.63, 3.8) is 0 Å². The number of ether oxygens (including phenoxy) is 1. The molecule has 0 heterocycles. The Hall–Kier alpha value is -1.88. The monoisotopic (exact) mass is 250 g/mol. The number of carbonyl (C=O) groups excluding carboxylic acids is 2. The molecule has 0 aliphatic heterocycles. The van der Waals surface area contributed by atoms with E-state index in [1.165, 1.54) is 6.92 Å². The fourth-order valence-electron chi connectivity index (χ4n) is 1.50. The quantitative estimate of drug-likeness (QED) is 0.718. The van der Waals surface area contributed by atoms with Crippen LogP contribution < -0.4 is 5.73 Å². The van der Waals surface area contributed by atoms with Crippen LogP contribution in [-0.2, 0) is 20.9 Å². The van der Waals surface area contributed by atoms with Crippen molar-refractivity contribution in [1.29, 1.82) is 0 Å². The number of nitrogens with two attached hydrogens (primary N) is 1. The van der Waals surface area contributed by atoms with Crippen molar-refractivity contribution in [2.75, 3.05) is 19.8 Å². The summed E-state index contributed by atoms with van der Waals surface area (Å²) in [4.78, 5) is 23.6. The Bertz CT molecular complexity index is 392. The zero-order chi connectivity index (χ0) is 13.4. The Morgan fingerprint density at radius 3 is 2.50 bits per heavy atom. The fourth-order valence-corrected chi connectivity index (χ4v) is 1.50. The molecule has 0 radical (unpaired) electrons. The fraction of sp³-hybridized carbons (Fsp3) is 0.385. The van der Waals surface area contributed by atoms with Gasteiger partial charge in [-0.1, -0.05) is 30.3 Å². The molecule has 5 nitrogen and oxygen atoms in total. The van der Waals surface area contributed by atoms with Crippen molar-refractivity contribution in [2.45, 2.75) is 13.5 Å². The first-order valence-corrected chi connectivity index (χ1v) is 5.75. The maximum absolute atomic E-state index is 11.5. The van der Waals surface area contributed by atoms with Gasteiger partial charge in [-0.2, -0.15) is 0 Å². The number of hydrogen-bond acceptors (Lipinski definition) is 3. The van der Waals surface area contributed by atoms with Crippen LogP contribution in [0.1, 0.15) is 12.5 Å². The van der Waals surface area contributed by atoms with Gasteiger partial charge in [-0.05, 0) is 5.56 Å². The zero-order valence-corrected chi connectivity index (χ0v) is 10.5. The van der Waals surface area contributed by atoms with Gasteiger partial charge >= 0.3 is 0 Å². The van der Waals surface area contributed by atoms with Gasteiger partial charge in [-0.15, -0.1) is 0 Å². The number of primary amides is 1. The highest BCUT2D eigenvalue weighted by molar-refractivity contribution is 5.75. The molecule has 0 atom stereocenters. The second-order valence-corrected chi connectivity index (χ2v) is 3.95. The molecule has 0 aliphatic rings. The van der Waals surface area contributed by atoms with E-state index in [0.717, 1.165) is 5.56 Å². The van der Waals surface area contributed by atoms with E-state index >= 15 is 0 Å². The van der Waals surface area contributed by atoms with Crippen LogP contribution in [0.15, 0.2) is 30.3 Å². The average molecular weight is 250 g/mol. The summed E-state index contributed by atoms with van der Waals surface area (Å²) in [7, 11) is 0. The predicted octanol–water partition coefficient (Wildman–Crippen LogP) is 0.537. The SMILES string of the molecule is CC(=O)N(CCOCC(N)=O)Cc1ccccc1. The summed E-state index contributed by atoms with van der Waals surface area (Å²) in [6.45, 7) is 2.68. The van der Waals surface area contributed by atoms with Gasteiger partial charge in [0.1, 0.15) is 6.61 Å². The Labute approximate surface area is 107 Å². The molecule has 5 heteroatoms. The molecule has 0 spiro atoms. The lowest BCUT2D eigenvalue weighted by molar-refractivity contribution is -0.130. The van der Waals surface area contributed by atoms with Crippen LogP contribution in [0.2, 0.25) is 0 Å². The minimum Gasteiger partial charge on any atom is -0.370 e. The topological polar surface area (TPSA) is 72.6 Å². The Kier molecular flexibility index (Phi) is 5.87. The molecule has 0 aromatic heterocycles. The molecule has 98 valence electrons. The number of benzene rings is 1. The van der Waals surface area contributed by atoms with Gasteiger partial charge in [0.25, 0.3) is 0 Å². The zero-order valence-electron chi connectivity index (χ0n) is 10.5. The highest BCUT2D eigenvalue weighted by Crippen LogP contribution is 2.04. The number of rotatable bonds is 7. The molecule has 1 aromatic carbocycles. The van der Waals surface area contributed by atoms with E-state index in [1.54, 1.807) is 4.90 Å². The van der Waals surface area contributed by atoms with Crippen LogP contribution in [0.25, 0.3) is 0 Å². The summed E-state index contributed by atoms with van der Waals surface area (Å²) in [6, 6.07) is 9.70. The Morgan fingerprint density at radius 2 is 1.94 bits per heavy atom. The van der Waals surface area contributed by atoms with E-state index in [-0.39, 0.29) is 12.5 Å². The molecule has 1 rings (SSSR count). The molecular weight excluding hydrogens is 232 g/mol. The molecule has 0 unspecified atom stereocenters. The number of nitrogens with zero attached hydrogens (tertiary/aromatic N) is 1. The summed E-state index contributed by atoms with van der Waals surface area (Å²) in [6.07, 6.45) is 0. The molecule has 2 N–H and O–H groups in total. The largest absolute Gasteiger partial charge is 0.370 e. The van der Waals surface area contributed by atoms with Gasteiger partial charge < -0.3 is 15.4 Å².